The Morgan fingerprint density at radius 1 is 1.12 bits per heavy atom. The minimum Gasteiger partial charge on any atom is -0.471 e. The van der Waals surface area contributed by atoms with Gasteiger partial charge in [-0.25, -0.2) is 18.2 Å². The molecule has 1 saturated heterocycles. The van der Waals surface area contributed by atoms with Crippen LogP contribution in [-0.2, 0) is 38.5 Å². The van der Waals surface area contributed by atoms with E-state index in [9.17, 15) is 32.7 Å². The molecule has 0 spiro atoms. The number of cyclic esters (lactones) is 1. The number of ketones is 1. The summed E-state index contributed by atoms with van der Waals surface area (Å²) in [5.41, 5.74) is 0.810. The molecule has 2 amide bonds. The monoisotopic (exact) mass is 694 g/mol. The van der Waals surface area contributed by atoms with Gasteiger partial charge in [0.15, 0.2) is 15.6 Å². The predicted octanol–water partition coefficient (Wildman–Crippen LogP) is 2.19. The van der Waals surface area contributed by atoms with Gasteiger partial charge in [0.1, 0.15) is 24.5 Å². The van der Waals surface area contributed by atoms with E-state index in [1.165, 1.54) is 4.90 Å². The maximum Gasteiger partial charge on any atom is 0.330 e. The van der Waals surface area contributed by atoms with Crippen LogP contribution in [0.2, 0.25) is 0 Å². The lowest BCUT2D eigenvalue weighted by molar-refractivity contribution is -0.161. The lowest BCUT2D eigenvalue weighted by Gasteiger charge is -2.32. The first-order chi connectivity index (χ1) is 22.7. The number of esters is 1. The number of aliphatic hydroxyl groups is 1. The Bertz CT molecular complexity index is 1370. The summed E-state index contributed by atoms with van der Waals surface area (Å²) in [5, 5.41) is 12.1. The molecule has 1 fully saturated rings. The quantitative estimate of drug-likeness (QED) is 0.297. The van der Waals surface area contributed by atoms with Crippen molar-refractivity contribution in [3.63, 3.8) is 0 Å². The number of nitrogens with one attached hydrogen (secondary N) is 1. The van der Waals surface area contributed by atoms with Crippen LogP contribution in [0.15, 0.2) is 28.6 Å². The van der Waals surface area contributed by atoms with Crippen LogP contribution in [0.4, 0.5) is 0 Å². The number of nitrogens with zero attached hydrogens (tertiary/aromatic N) is 3. The number of fused-ring (bicyclic) bond motifs is 2. The van der Waals surface area contributed by atoms with Crippen LogP contribution < -0.4 is 5.32 Å². The largest absolute Gasteiger partial charge is 0.471 e. The molecule has 3 rings (SSSR count). The summed E-state index contributed by atoms with van der Waals surface area (Å²) in [7, 11) is -3.85. The van der Waals surface area contributed by atoms with Crippen LogP contribution in [0.25, 0.3) is 0 Å². The van der Waals surface area contributed by atoms with Gasteiger partial charge in [0.05, 0.1) is 17.1 Å². The van der Waals surface area contributed by atoms with Crippen molar-refractivity contribution in [2.24, 2.45) is 16.8 Å². The van der Waals surface area contributed by atoms with Crippen molar-refractivity contribution in [1.82, 2.24) is 15.1 Å². The number of hydrogen-bond acceptors (Lipinski definition) is 11. The number of sulfone groups is 1. The second-order valence-corrected chi connectivity index (χ2v) is 15.7. The average molecular weight is 695 g/mol. The molecule has 13 nitrogen and oxygen atoms in total. The Labute approximate surface area is 285 Å². The van der Waals surface area contributed by atoms with Gasteiger partial charge in [-0.05, 0) is 57.5 Å². The van der Waals surface area contributed by atoms with Crippen LogP contribution in [0.1, 0.15) is 80.1 Å². The molecule has 2 N–H and O–H groups in total. The van der Waals surface area contributed by atoms with E-state index in [4.69, 9.17) is 9.47 Å². The van der Waals surface area contributed by atoms with Gasteiger partial charge in [-0.1, -0.05) is 46.3 Å². The molecule has 48 heavy (non-hydrogen) atoms. The Morgan fingerprint density at radius 2 is 1.83 bits per heavy atom. The van der Waals surface area contributed by atoms with Crippen LogP contribution in [0.3, 0.4) is 0 Å². The summed E-state index contributed by atoms with van der Waals surface area (Å²) in [4.78, 5) is 60.5. The third-order valence-corrected chi connectivity index (χ3v) is 11.4. The second-order valence-electron chi connectivity index (χ2n) is 13.4. The standard InChI is InChI=1S/C34H54N4O9S/c1-7-37(8-2)16-17-48(44,45)28-13-15-38-31(28)34(43)47-32(22(3)4)24(6)11-12-29(41)35-14-9-10-23(5)18-25(39)19-26(40)20-30-36-27(21-46-30)33(38)42/h18,20,22,24-25,28,31-32,39H,7-17,19,21H2,1-6H3,(H,35,41)/b23-18+,30-20+/t24-,25-,28-,31-,32+/m1/s1. The van der Waals surface area contributed by atoms with Gasteiger partial charge in [-0.2, -0.15) is 0 Å². The predicted molar refractivity (Wildman–Crippen MR) is 182 cm³/mol. The first-order valence-electron chi connectivity index (χ1n) is 17.2. The average Bonchev–Trinajstić information content (AvgIpc) is 3.68. The van der Waals surface area contributed by atoms with E-state index in [1.807, 2.05) is 46.4 Å². The Hall–Kier alpha value is -3.10. The minimum absolute atomic E-state index is 0.00921. The number of carbonyl (C=O) groups excluding carboxylic acids is 4. The molecular formula is C34H54N4O9S. The third-order valence-electron chi connectivity index (χ3n) is 9.28. The zero-order chi connectivity index (χ0) is 35.6. The molecular weight excluding hydrogens is 640 g/mol. The molecule has 0 aromatic carbocycles. The van der Waals surface area contributed by atoms with Crippen molar-refractivity contribution >= 4 is 39.1 Å². The highest BCUT2D eigenvalue weighted by molar-refractivity contribution is 7.92. The highest BCUT2D eigenvalue weighted by Crippen LogP contribution is 2.30. The Morgan fingerprint density at radius 3 is 2.50 bits per heavy atom. The molecule has 0 unspecified atom stereocenters. The van der Waals surface area contributed by atoms with E-state index in [-0.39, 0.29) is 67.5 Å². The maximum absolute atomic E-state index is 14.0. The van der Waals surface area contributed by atoms with Gasteiger partial charge < -0.3 is 29.7 Å². The number of ether oxygens (including phenoxy) is 2. The first-order valence-corrected chi connectivity index (χ1v) is 18.9. The summed E-state index contributed by atoms with van der Waals surface area (Å²) < 4.78 is 39.1. The zero-order valence-corrected chi connectivity index (χ0v) is 30.1. The first kappa shape index (κ1) is 39.3. The summed E-state index contributed by atoms with van der Waals surface area (Å²) in [6, 6.07) is -1.40. The molecule has 14 heteroatoms. The van der Waals surface area contributed by atoms with Gasteiger partial charge in [0, 0.05) is 38.6 Å². The number of carbonyl (C=O) groups is 4. The number of rotatable bonds is 7. The molecule has 0 aromatic rings. The number of amides is 2. The van der Waals surface area contributed by atoms with Crippen molar-refractivity contribution in [1.29, 1.82) is 0 Å². The molecule has 0 radical (unpaired) electrons. The van der Waals surface area contributed by atoms with Gasteiger partial charge in [-0.15, -0.1) is 0 Å². The SMILES string of the molecule is CCN(CC)CCS(=O)(=O)[C@@H]1CCN2C(=O)C3=N/C(=C\C(=O)C[C@H](O)/C=C(\C)CCCNC(=O)CC[C@@H](C)[C@H](C(C)C)OC(=O)[C@@H]12)OC3. The molecule has 270 valence electrons. The van der Waals surface area contributed by atoms with E-state index in [0.29, 0.717) is 45.4 Å². The van der Waals surface area contributed by atoms with Crippen LogP contribution in [-0.4, -0.2) is 121 Å². The fourth-order valence-corrected chi connectivity index (χ4v) is 8.41. The number of aliphatic imine (C=N–C) groups is 1. The summed E-state index contributed by atoms with van der Waals surface area (Å²) >= 11 is 0. The van der Waals surface area contributed by atoms with E-state index < -0.39 is 51.0 Å². The maximum atomic E-state index is 14.0. The van der Waals surface area contributed by atoms with Gasteiger partial charge >= 0.3 is 5.97 Å². The van der Waals surface area contributed by atoms with E-state index in [1.54, 1.807) is 6.08 Å². The van der Waals surface area contributed by atoms with Crippen LogP contribution >= 0.6 is 0 Å². The summed E-state index contributed by atoms with van der Waals surface area (Å²) in [6.45, 7) is 13.2. The lowest BCUT2D eigenvalue weighted by Crippen LogP contribution is -2.52. The van der Waals surface area contributed by atoms with Crippen molar-refractivity contribution in [3.8, 4) is 0 Å². The Kier molecular flexibility index (Phi) is 14.8. The molecule has 3 heterocycles. The van der Waals surface area contributed by atoms with Crippen molar-refractivity contribution in [3.05, 3.63) is 23.6 Å². The van der Waals surface area contributed by atoms with Gasteiger partial charge in [-0.3, -0.25) is 14.4 Å². The van der Waals surface area contributed by atoms with E-state index >= 15 is 0 Å². The number of allylic oxidation sites excluding steroid dienone is 2. The Balaban J connectivity index is 1.97. The van der Waals surface area contributed by atoms with Crippen molar-refractivity contribution in [2.45, 2.75) is 104 Å². The molecule has 5 atom stereocenters. The van der Waals surface area contributed by atoms with Crippen LogP contribution in [0, 0.1) is 11.8 Å². The van der Waals surface area contributed by atoms with Gasteiger partial charge in [0.2, 0.25) is 11.8 Å². The topological polar surface area (TPSA) is 172 Å². The van der Waals surface area contributed by atoms with Gasteiger partial charge in [0.25, 0.3) is 5.91 Å². The molecule has 3 aliphatic rings. The van der Waals surface area contributed by atoms with Crippen LogP contribution in [0.5, 0.6) is 0 Å². The minimum atomic E-state index is -3.85. The highest BCUT2D eigenvalue weighted by atomic mass is 32.2. The number of hydrogen-bond donors (Lipinski definition) is 2. The molecule has 0 aromatic heterocycles. The fraction of sp³-hybridized carbons (Fsp3) is 0.735. The molecule has 0 aliphatic carbocycles. The van der Waals surface area contributed by atoms with E-state index in [2.05, 4.69) is 10.3 Å². The molecule has 3 aliphatic heterocycles. The molecule has 0 saturated carbocycles. The number of aliphatic hydroxyl groups excluding tert-OH is 1. The van der Waals surface area contributed by atoms with E-state index in [0.717, 1.165) is 11.6 Å². The second kappa shape index (κ2) is 18.1. The summed E-state index contributed by atoms with van der Waals surface area (Å²) in [6.07, 6.45) is 2.80. The third kappa shape index (κ3) is 11.0. The molecule has 2 bridgehead atoms. The lowest BCUT2D eigenvalue weighted by atomic mass is 9.90. The van der Waals surface area contributed by atoms with Crippen molar-refractivity contribution < 1.29 is 42.2 Å². The highest BCUT2D eigenvalue weighted by Gasteiger charge is 2.50. The smallest absolute Gasteiger partial charge is 0.330 e. The zero-order valence-electron chi connectivity index (χ0n) is 29.3. The summed E-state index contributed by atoms with van der Waals surface area (Å²) in [5.74, 6) is -2.73. The normalized spacial score (nSPS) is 29.7. The van der Waals surface area contributed by atoms with Crippen molar-refractivity contribution in [2.75, 3.05) is 45.1 Å². The fourth-order valence-electron chi connectivity index (χ4n) is 6.48.